The monoisotopic (exact) mass is 449 g/mol. The van der Waals surface area contributed by atoms with Crippen LogP contribution in [-0.2, 0) is 18.4 Å². The average molecular weight is 450 g/mol. The van der Waals surface area contributed by atoms with Gasteiger partial charge >= 0.3 is 0 Å². The zero-order valence-corrected chi connectivity index (χ0v) is 18.0. The van der Waals surface area contributed by atoms with Gasteiger partial charge in [-0.1, -0.05) is 48.2 Å². The van der Waals surface area contributed by atoms with E-state index >= 15 is 0 Å². The minimum atomic E-state index is -0.402. The number of amides is 2. The van der Waals surface area contributed by atoms with Gasteiger partial charge in [0.25, 0.3) is 5.91 Å². The Bertz CT molecular complexity index is 1270. The van der Waals surface area contributed by atoms with E-state index in [4.69, 9.17) is 0 Å². The van der Waals surface area contributed by atoms with Crippen molar-refractivity contribution in [3.05, 3.63) is 83.9 Å². The lowest BCUT2D eigenvalue weighted by Gasteiger charge is -2.09. The summed E-state index contributed by atoms with van der Waals surface area (Å²) in [6.07, 6.45) is 0. The molecule has 4 aromatic rings. The van der Waals surface area contributed by atoms with E-state index in [1.54, 1.807) is 11.6 Å². The van der Waals surface area contributed by atoms with E-state index in [1.807, 2.05) is 42.5 Å². The van der Waals surface area contributed by atoms with Crippen LogP contribution >= 0.6 is 11.8 Å². The molecule has 0 bridgehead atoms. The van der Waals surface area contributed by atoms with E-state index in [2.05, 4.69) is 20.8 Å². The first-order valence-corrected chi connectivity index (χ1v) is 10.8. The van der Waals surface area contributed by atoms with E-state index in [1.165, 1.54) is 36.0 Å². The Kier molecular flexibility index (Phi) is 6.46. The molecule has 7 nitrogen and oxygen atoms in total. The van der Waals surface area contributed by atoms with E-state index in [0.29, 0.717) is 16.5 Å². The lowest BCUT2D eigenvalue weighted by molar-refractivity contribution is -0.113. The molecule has 162 valence electrons. The van der Waals surface area contributed by atoms with Gasteiger partial charge in [-0.2, -0.15) is 0 Å². The van der Waals surface area contributed by atoms with Gasteiger partial charge in [-0.3, -0.25) is 9.59 Å². The number of anilines is 1. The van der Waals surface area contributed by atoms with Crippen LogP contribution in [0.3, 0.4) is 0 Å². The molecule has 32 heavy (non-hydrogen) atoms. The number of carbonyl (C=O) groups is 2. The number of carbonyl (C=O) groups excluding carboxylic acids is 2. The Balaban J connectivity index is 1.33. The van der Waals surface area contributed by atoms with Crippen LogP contribution in [0, 0.1) is 5.82 Å². The summed E-state index contributed by atoms with van der Waals surface area (Å²) in [4.78, 5) is 24.7. The van der Waals surface area contributed by atoms with Crippen molar-refractivity contribution in [1.29, 1.82) is 0 Å². The SMILES string of the molecule is Cn1c(CNC(=O)c2ccc(F)cc2)nnc1SCC(=O)Nc1cccc2ccccc12. The summed E-state index contributed by atoms with van der Waals surface area (Å²) in [5.74, 6) is -0.187. The number of rotatable bonds is 7. The van der Waals surface area contributed by atoms with E-state index in [-0.39, 0.29) is 24.1 Å². The van der Waals surface area contributed by atoms with Crippen molar-refractivity contribution in [3.8, 4) is 0 Å². The Labute approximate surface area is 188 Å². The third-order valence-corrected chi connectivity index (χ3v) is 5.85. The maximum Gasteiger partial charge on any atom is 0.251 e. The number of nitrogens with one attached hydrogen (secondary N) is 2. The highest BCUT2D eigenvalue weighted by atomic mass is 32.2. The topological polar surface area (TPSA) is 88.9 Å². The molecular formula is C23H20FN5O2S. The molecule has 0 atom stereocenters. The van der Waals surface area contributed by atoms with Gasteiger partial charge in [-0.05, 0) is 35.7 Å². The number of fused-ring (bicyclic) bond motifs is 1. The normalized spacial score (nSPS) is 10.8. The van der Waals surface area contributed by atoms with Crippen molar-refractivity contribution in [2.24, 2.45) is 7.05 Å². The molecule has 0 unspecified atom stereocenters. The molecule has 0 spiro atoms. The summed E-state index contributed by atoms with van der Waals surface area (Å²) in [6.45, 7) is 0.155. The third-order valence-electron chi connectivity index (χ3n) is 4.83. The number of aromatic nitrogens is 3. The van der Waals surface area contributed by atoms with E-state index in [0.717, 1.165) is 16.5 Å². The largest absolute Gasteiger partial charge is 0.345 e. The van der Waals surface area contributed by atoms with Crippen molar-refractivity contribution in [2.75, 3.05) is 11.1 Å². The molecule has 0 fully saturated rings. The summed E-state index contributed by atoms with van der Waals surface area (Å²) in [7, 11) is 1.77. The molecular weight excluding hydrogens is 429 g/mol. The fraction of sp³-hybridized carbons (Fsp3) is 0.130. The van der Waals surface area contributed by atoms with Crippen LogP contribution in [0.1, 0.15) is 16.2 Å². The molecule has 0 aliphatic carbocycles. The molecule has 1 aromatic heterocycles. The minimum Gasteiger partial charge on any atom is -0.345 e. The fourth-order valence-corrected chi connectivity index (χ4v) is 3.87. The maximum absolute atomic E-state index is 13.0. The van der Waals surface area contributed by atoms with Gasteiger partial charge < -0.3 is 15.2 Å². The van der Waals surface area contributed by atoms with Crippen LogP contribution in [0.2, 0.25) is 0 Å². The summed E-state index contributed by atoms with van der Waals surface area (Å²) in [6, 6.07) is 18.9. The first-order valence-electron chi connectivity index (χ1n) is 9.84. The van der Waals surface area contributed by atoms with Gasteiger partial charge in [-0.15, -0.1) is 10.2 Å². The van der Waals surface area contributed by atoms with Gasteiger partial charge in [0.2, 0.25) is 5.91 Å². The third kappa shape index (κ3) is 4.94. The summed E-state index contributed by atoms with van der Waals surface area (Å²) in [5.41, 5.74) is 1.11. The van der Waals surface area contributed by atoms with Gasteiger partial charge in [0.05, 0.1) is 12.3 Å². The van der Waals surface area contributed by atoms with Crippen molar-refractivity contribution < 1.29 is 14.0 Å². The summed E-state index contributed by atoms with van der Waals surface area (Å²) < 4.78 is 14.7. The Hall–Kier alpha value is -3.72. The number of hydrogen-bond acceptors (Lipinski definition) is 5. The first-order chi connectivity index (χ1) is 15.5. The number of halogens is 1. The zero-order valence-electron chi connectivity index (χ0n) is 17.2. The average Bonchev–Trinajstić information content (AvgIpc) is 3.16. The number of thioether (sulfide) groups is 1. The molecule has 9 heteroatoms. The van der Waals surface area contributed by atoms with Gasteiger partial charge in [0, 0.05) is 23.7 Å². The minimum absolute atomic E-state index is 0.152. The highest BCUT2D eigenvalue weighted by molar-refractivity contribution is 7.99. The predicted molar refractivity (Wildman–Crippen MR) is 122 cm³/mol. The van der Waals surface area contributed by atoms with Crippen LogP contribution in [0.5, 0.6) is 0 Å². The highest BCUT2D eigenvalue weighted by Crippen LogP contribution is 2.23. The Morgan fingerprint density at radius 1 is 1.00 bits per heavy atom. The van der Waals surface area contributed by atoms with Crippen molar-refractivity contribution in [1.82, 2.24) is 20.1 Å². The van der Waals surface area contributed by atoms with Crippen LogP contribution < -0.4 is 10.6 Å². The zero-order chi connectivity index (χ0) is 22.5. The second-order valence-electron chi connectivity index (χ2n) is 7.01. The number of nitrogens with zero attached hydrogens (tertiary/aromatic N) is 3. The van der Waals surface area contributed by atoms with E-state index < -0.39 is 5.82 Å². The molecule has 0 saturated carbocycles. The molecule has 0 radical (unpaired) electrons. The van der Waals surface area contributed by atoms with Crippen LogP contribution in [0.25, 0.3) is 10.8 Å². The van der Waals surface area contributed by atoms with Crippen molar-refractivity contribution in [3.63, 3.8) is 0 Å². The van der Waals surface area contributed by atoms with Gasteiger partial charge in [-0.25, -0.2) is 4.39 Å². The number of benzene rings is 3. The first kappa shape index (κ1) is 21.5. The summed E-state index contributed by atoms with van der Waals surface area (Å²) in [5, 5.41) is 16.5. The molecule has 0 aliphatic rings. The maximum atomic E-state index is 13.0. The van der Waals surface area contributed by atoms with Gasteiger partial charge in [0.15, 0.2) is 11.0 Å². The molecule has 1 heterocycles. The summed E-state index contributed by atoms with van der Waals surface area (Å²) >= 11 is 1.26. The van der Waals surface area contributed by atoms with E-state index in [9.17, 15) is 14.0 Å². The molecule has 2 N–H and O–H groups in total. The fourth-order valence-electron chi connectivity index (χ4n) is 3.14. The van der Waals surface area contributed by atoms with Gasteiger partial charge in [0.1, 0.15) is 5.82 Å². The molecule has 0 saturated heterocycles. The quantitative estimate of drug-likeness (QED) is 0.420. The predicted octanol–water partition coefficient (Wildman–Crippen LogP) is 3.77. The molecule has 3 aromatic carbocycles. The number of hydrogen-bond donors (Lipinski definition) is 2. The Morgan fingerprint density at radius 2 is 1.75 bits per heavy atom. The standard InChI is InChI=1S/C23H20FN5O2S/c1-29-20(13-25-22(31)16-9-11-17(24)12-10-16)27-28-23(29)32-14-21(30)26-19-8-4-6-15-5-2-3-7-18(15)19/h2-12H,13-14H2,1H3,(H,25,31)(H,26,30). The van der Waals surface area contributed by atoms with Crippen LogP contribution in [-0.4, -0.2) is 32.3 Å². The molecule has 0 aliphatic heterocycles. The van der Waals surface area contributed by atoms with Crippen molar-refractivity contribution in [2.45, 2.75) is 11.7 Å². The lowest BCUT2D eigenvalue weighted by atomic mass is 10.1. The molecule has 2 amide bonds. The Morgan fingerprint density at radius 3 is 2.56 bits per heavy atom. The highest BCUT2D eigenvalue weighted by Gasteiger charge is 2.14. The van der Waals surface area contributed by atoms with Crippen LogP contribution in [0.15, 0.2) is 71.9 Å². The molecule has 4 rings (SSSR count). The van der Waals surface area contributed by atoms with Crippen LogP contribution in [0.4, 0.5) is 10.1 Å². The second kappa shape index (κ2) is 9.61. The van der Waals surface area contributed by atoms with Crippen molar-refractivity contribution >= 4 is 40.0 Å². The lowest BCUT2D eigenvalue weighted by Crippen LogP contribution is -2.24. The smallest absolute Gasteiger partial charge is 0.251 e. The second-order valence-corrected chi connectivity index (χ2v) is 7.95.